The summed E-state index contributed by atoms with van der Waals surface area (Å²) in [7, 11) is 0. The summed E-state index contributed by atoms with van der Waals surface area (Å²) in [6.07, 6.45) is 0. The van der Waals surface area contributed by atoms with Crippen molar-refractivity contribution in [2.75, 3.05) is 18.9 Å². The summed E-state index contributed by atoms with van der Waals surface area (Å²) in [5.41, 5.74) is 1.14. The second kappa shape index (κ2) is 8.05. The molecule has 0 spiro atoms. The number of aliphatic hydroxyl groups excluding tert-OH is 1. The second-order valence-corrected chi connectivity index (χ2v) is 6.06. The van der Waals surface area contributed by atoms with Gasteiger partial charge in [0.05, 0.1) is 0 Å². The fraction of sp³-hybridized carbons (Fsp3) is 0.571. The normalized spacial score (nSPS) is 14.5. The molecule has 18 heavy (non-hydrogen) atoms. The molecule has 0 heterocycles. The van der Waals surface area contributed by atoms with Gasteiger partial charge in [-0.2, -0.15) is 0 Å². The van der Waals surface area contributed by atoms with E-state index in [9.17, 15) is 0 Å². The van der Waals surface area contributed by atoms with E-state index in [1.807, 2.05) is 13.0 Å². The number of benzene rings is 1. The maximum atomic E-state index is 9.00. The van der Waals surface area contributed by atoms with Crippen LogP contribution in [-0.4, -0.2) is 24.0 Å². The van der Waals surface area contributed by atoms with Crippen LogP contribution >= 0.6 is 23.4 Å². The minimum atomic E-state index is 0.232. The Hall–Kier alpha value is -0.220. The van der Waals surface area contributed by atoms with Crippen molar-refractivity contribution in [1.29, 1.82) is 0 Å². The van der Waals surface area contributed by atoms with Crippen LogP contribution in [-0.2, 0) is 0 Å². The largest absolute Gasteiger partial charge is 0.396 e. The van der Waals surface area contributed by atoms with Crippen LogP contribution in [0.25, 0.3) is 0 Å². The van der Waals surface area contributed by atoms with Gasteiger partial charge in [-0.05, 0) is 37.1 Å². The Morgan fingerprint density at radius 1 is 1.39 bits per heavy atom. The SMILES string of the molecule is CCNC(C)c1ccc(SCC(C)CO)cc1Cl. The molecule has 102 valence electrons. The van der Waals surface area contributed by atoms with Crippen LogP contribution in [0.2, 0.25) is 5.02 Å². The molecule has 2 unspecified atom stereocenters. The quantitative estimate of drug-likeness (QED) is 0.750. The molecule has 2 nitrogen and oxygen atoms in total. The Labute approximate surface area is 119 Å². The first-order chi connectivity index (χ1) is 8.58. The number of hydrogen-bond acceptors (Lipinski definition) is 3. The predicted octanol–water partition coefficient (Wildman–Crippen LogP) is 3.73. The van der Waals surface area contributed by atoms with Crippen LogP contribution < -0.4 is 5.32 Å². The lowest BCUT2D eigenvalue weighted by Crippen LogP contribution is -2.17. The lowest BCUT2D eigenvalue weighted by Gasteiger charge is -2.15. The molecule has 1 aromatic carbocycles. The zero-order valence-corrected chi connectivity index (χ0v) is 12.8. The third-order valence-electron chi connectivity index (χ3n) is 2.79. The van der Waals surface area contributed by atoms with Gasteiger partial charge in [0.2, 0.25) is 0 Å². The third-order valence-corrected chi connectivity index (χ3v) is 4.45. The van der Waals surface area contributed by atoms with Crippen molar-refractivity contribution in [2.45, 2.75) is 31.7 Å². The van der Waals surface area contributed by atoms with E-state index in [2.05, 4.69) is 31.3 Å². The van der Waals surface area contributed by atoms with Gasteiger partial charge in [-0.25, -0.2) is 0 Å². The van der Waals surface area contributed by atoms with Crippen LogP contribution in [0.15, 0.2) is 23.1 Å². The maximum Gasteiger partial charge on any atom is 0.0464 e. The summed E-state index contributed by atoms with van der Waals surface area (Å²) < 4.78 is 0. The smallest absolute Gasteiger partial charge is 0.0464 e. The number of thioether (sulfide) groups is 1. The van der Waals surface area contributed by atoms with Crippen LogP contribution in [0, 0.1) is 5.92 Å². The van der Waals surface area contributed by atoms with Gasteiger partial charge in [-0.3, -0.25) is 0 Å². The summed E-state index contributed by atoms with van der Waals surface area (Å²) in [4.78, 5) is 1.16. The van der Waals surface area contributed by atoms with E-state index in [1.54, 1.807) is 11.8 Å². The van der Waals surface area contributed by atoms with Gasteiger partial charge in [0.1, 0.15) is 0 Å². The minimum Gasteiger partial charge on any atom is -0.396 e. The molecule has 0 bridgehead atoms. The molecule has 2 atom stereocenters. The molecule has 1 rings (SSSR count). The Kier molecular flexibility index (Phi) is 7.08. The molecule has 0 fully saturated rings. The molecular formula is C14H22ClNOS. The summed E-state index contributed by atoms with van der Waals surface area (Å²) in [5.74, 6) is 1.23. The lowest BCUT2D eigenvalue weighted by molar-refractivity contribution is 0.250. The summed E-state index contributed by atoms with van der Waals surface area (Å²) >= 11 is 8.04. The van der Waals surface area contributed by atoms with Gasteiger partial charge < -0.3 is 10.4 Å². The molecule has 0 saturated heterocycles. The first kappa shape index (κ1) is 15.8. The van der Waals surface area contributed by atoms with Gasteiger partial charge in [0, 0.05) is 28.3 Å². The zero-order valence-electron chi connectivity index (χ0n) is 11.2. The molecule has 2 N–H and O–H groups in total. The van der Waals surface area contributed by atoms with Gasteiger partial charge in [0.15, 0.2) is 0 Å². The van der Waals surface area contributed by atoms with Crippen LogP contribution in [0.3, 0.4) is 0 Å². The van der Waals surface area contributed by atoms with Gasteiger partial charge in [-0.1, -0.05) is 31.5 Å². The van der Waals surface area contributed by atoms with Gasteiger partial charge in [-0.15, -0.1) is 11.8 Å². The number of nitrogens with one attached hydrogen (secondary N) is 1. The first-order valence-corrected chi connectivity index (χ1v) is 7.71. The fourth-order valence-electron chi connectivity index (χ4n) is 1.66. The molecule has 0 saturated carbocycles. The van der Waals surface area contributed by atoms with E-state index in [0.717, 1.165) is 27.8 Å². The average Bonchev–Trinajstić information content (AvgIpc) is 2.36. The van der Waals surface area contributed by atoms with E-state index in [4.69, 9.17) is 16.7 Å². The Morgan fingerprint density at radius 2 is 2.11 bits per heavy atom. The van der Waals surface area contributed by atoms with Crippen molar-refractivity contribution in [3.8, 4) is 0 Å². The average molecular weight is 288 g/mol. The molecular weight excluding hydrogens is 266 g/mol. The van der Waals surface area contributed by atoms with Crippen LogP contribution in [0.1, 0.15) is 32.4 Å². The summed E-state index contributed by atoms with van der Waals surface area (Å²) in [6.45, 7) is 7.41. The number of aliphatic hydroxyl groups is 1. The lowest BCUT2D eigenvalue weighted by atomic mass is 10.1. The maximum absolute atomic E-state index is 9.00. The molecule has 1 aromatic rings. The highest BCUT2D eigenvalue weighted by Crippen LogP contribution is 2.29. The van der Waals surface area contributed by atoms with E-state index in [1.165, 1.54) is 0 Å². The van der Waals surface area contributed by atoms with Crippen LogP contribution in [0.5, 0.6) is 0 Å². The van der Waals surface area contributed by atoms with Gasteiger partial charge in [0.25, 0.3) is 0 Å². The molecule has 0 amide bonds. The topological polar surface area (TPSA) is 32.3 Å². The van der Waals surface area contributed by atoms with Gasteiger partial charge >= 0.3 is 0 Å². The highest BCUT2D eigenvalue weighted by Gasteiger charge is 2.09. The molecule has 0 aliphatic carbocycles. The zero-order chi connectivity index (χ0) is 13.5. The standard InChI is InChI=1S/C14H22ClNOS/c1-4-16-11(3)13-6-5-12(7-14(13)15)18-9-10(2)8-17/h5-7,10-11,16-17H,4,8-9H2,1-3H3. The van der Waals surface area contributed by atoms with Crippen molar-refractivity contribution in [3.05, 3.63) is 28.8 Å². The highest BCUT2D eigenvalue weighted by molar-refractivity contribution is 7.99. The predicted molar refractivity (Wildman–Crippen MR) is 80.5 cm³/mol. The van der Waals surface area contributed by atoms with Crippen molar-refractivity contribution < 1.29 is 5.11 Å². The molecule has 0 aliphatic heterocycles. The van der Waals surface area contributed by atoms with E-state index in [0.29, 0.717) is 5.92 Å². The first-order valence-electron chi connectivity index (χ1n) is 6.35. The Bertz CT molecular complexity index is 373. The summed E-state index contributed by atoms with van der Waals surface area (Å²) in [6, 6.07) is 6.48. The van der Waals surface area contributed by atoms with Crippen molar-refractivity contribution in [3.63, 3.8) is 0 Å². The third kappa shape index (κ3) is 4.81. The Balaban J connectivity index is 2.67. The van der Waals surface area contributed by atoms with Crippen LogP contribution in [0.4, 0.5) is 0 Å². The minimum absolute atomic E-state index is 0.232. The molecule has 0 aromatic heterocycles. The highest BCUT2D eigenvalue weighted by atomic mass is 35.5. The number of halogens is 1. The molecule has 4 heteroatoms. The molecule has 0 radical (unpaired) electrons. The number of hydrogen-bond donors (Lipinski definition) is 2. The van der Waals surface area contributed by atoms with Crippen molar-refractivity contribution in [1.82, 2.24) is 5.32 Å². The molecule has 0 aliphatic rings. The van der Waals surface area contributed by atoms with Crippen molar-refractivity contribution >= 4 is 23.4 Å². The van der Waals surface area contributed by atoms with E-state index >= 15 is 0 Å². The summed E-state index contributed by atoms with van der Waals surface area (Å²) in [5, 5.41) is 13.2. The Morgan fingerprint density at radius 3 is 2.67 bits per heavy atom. The fourth-order valence-corrected chi connectivity index (χ4v) is 3.01. The monoisotopic (exact) mass is 287 g/mol. The van der Waals surface area contributed by atoms with E-state index < -0.39 is 0 Å². The number of rotatable bonds is 7. The van der Waals surface area contributed by atoms with Crippen molar-refractivity contribution in [2.24, 2.45) is 5.92 Å². The van der Waals surface area contributed by atoms with E-state index in [-0.39, 0.29) is 12.6 Å². The second-order valence-electron chi connectivity index (χ2n) is 4.56.